The van der Waals surface area contributed by atoms with Gasteiger partial charge in [-0.2, -0.15) is 0 Å². The Hall–Kier alpha value is -1.78. The van der Waals surface area contributed by atoms with E-state index in [-0.39, 0.29) is 6.04 Å². The zero-order valence-corrected chi connectivity index (χ0v) is 9.97. The van der Waals surface area contributed by atoms with Crippen molar-refractivity contribution in [2.75, 3.05) is 0 Å². The molecule has 1 heterocycles. The zero-order chi connectivity index (χ0) is 12.8. The molecule has 1 rings (SSSR count). The Labute approximate surface area is 99.8 Å². The summed E-state index contributed by atoms with van der Waals surface area (Å²) in [7, 11) is 0. The summed E-state index contributed by atoms with van der Waals surface area (Å²) in [5, 5.41) is 11.3. The molecular formula is C12H17NO4. The Kier molecular flexibility index (Phi) is 4.75. The second kappa shape index (κ2) is 6.08. The summed E-state index contributed by atoms with van der Waals surface area (Å²) in [4.78, 5) is 22.0. The third kappa shape index (κ3) is 4.30. The van der Waals surface area contributed by atoms with Crippen LogP contribution in [0.15, 0.2) is 22.8 Å². The van der Waals surface area contributed by atoms with E-state index in [1.807, 2.05) is 19.1 Å². The van der Waals surface area contributed by atoms with Crippen molar-refractivity contribution < 1.29 is 19.1 Å². The van der Waals surface area contributed by atoms with Crippen LogP contribution in [0.4, 0.5) is 0 Å². The summed E-state index contributed by atoms with van der Waals surface area (Å²) < 4.78 is 5.17. The van der Waals surface area contributed by atoms with E-state index in [0.717, 1.165) is 12.2 Å². The largest absolute Gasteiger partial charge is 0.481 e. The number of rotatable bonds is 6. The topological polar surface area (TPSA) is 79.5 Å². The monoisotopic (exact) mass is 239 g/mol. The fourth-order valence-electron chi connectivity index (χ4n) is 1.37. The molecule has 0 radical (unpaired) electrons. The zero-order valence-electron chi connectivity index (χ0n) is 9.97. The minimum atomic E-state index is -1.11. The van der Waals surface area contributed by atoms with Crippen LogP contribution in [0.5, 0.6) is 0 Å². The van der Waals surface area contributed by atoms with Gasteiger partial charge in [-0.1, -0.05) is 0 Å². The predicted molar refractivity (Wildman–Crippen MR) is 61.4 cm³/mol. The highest BCUT2D eigenvalue weighted by Gasteiger charge is 2.21. The van der Waals surface area contributed by atoms with Crippen molar-refractivity contribution in [1.29, 1.82) is 0 Å². The number of hydrogen-bond donors (Lipinski definition) is 2. The average molecular weight is 239 g/mol. The highest BCUT2D eigenvalue weighted by Crippen LogP contribution is 2.06. The minimum Gasteiger partial charge on any atom is -0.481 e. The van der Waals surface area contributed by atoms with E-state index < -0.39 is 17.8 Å². The maximum atomic E-state index is 11.4. The molecule has 2 N–H and O–H groups in total. The molecule has 1 aromatic rings. The summed E-state index contributed by atoms with van der Waals surface area (Å²) in [6.45, 7) is 3.21. The fourth-order valence-corrected chi connectivity index (χ4v) is 1.37. The van der Waals surface area contributed by atoms with Gasteiger partial charge in [0, 0.05) is 12.5 Å². The van der Waals surface area contributed by atoms with Crippen molar-refractivity contribution in [1.82, 2.24) is 5.32 Å². The lowest BCUT2D eigenvalue weighted by Crippen LogP contribution is -2.39. The van der Waals surface area contributed by atoms with E-state index in [1.54, 1.807) is 6.26 Å². The van der Waals surface area contributed by atoms with Crippen molar-refractivity contribution in [3.05, 3.63) is 24.2 Å². The summed E-state index contributed by atoms with van der Waals surface area (Å²) in [5.41, 5.74) is 0. The number of aryl methyl sites for hydroxylation is 1. The van der Waals surface area contributed by atoms with Gasteiger partial charge in [-0.15, -0.1) is 0 Å². The van der Waals surface area contributed by atoms with Gasteiger partial charge in [0.15, 0.2) is 0 Å². The Bertz CT molecular complexity index is 372. The van der Waals surface area contributed by atoms with E-state index in [0.29, 0.717) is 6.42 Å². The second-order valence-electron chi connectivity index (χ2n) is 4.09. The van der Waals surface area contributed by atoms with Gasteiger partial charge in [-0.05, 0) is 32.4 Å². The van der Waals surface area contributed by atoms with E-state index in [1.165, 1.54) is 6.92 Å². The molecule has 0 saturated heterocycles. The van der Waals surface area contributed by atoms with Crippen molar-refractivity contribution in [3.8, 4) is 0 Å². The van der Waals surface area contributed by atoms with Gasteiger partial charge in [0.2, 0.25) is 5.91 Å². The van der Waals surface area contributed by atoms with Crippen molar-refractivity contribution >= 4 is 11.9 Å². The van der Waals surface area contributed by atoms with Gasteiger partial charge in [-0.3, -0.25) is 9.59 Å². The maximum absolute atomic E-state index is 11.4. The molecule has 1 aromatic heterocycles. The van der Waals surface area contributed by atoms with Gasteiger partial charge in [-0.25, -0.2) is 0 Å². The van der Waals surface area contributed by atoms with E-state index in [2.05, 4.69) is 5.32 Å². The first kappa shape index (κ1) is 13.3. The highest BCUT2D eigenvalue weighted by molar-refractivity contribution is 5.96. The predicted octanol–water partition coefficient (Wildman–Crippen LogP) is 1.44. The molecule has 2 atom stereocenters. The van der Waals surface area contributed by atoms with Gasteiger partial charge in [0.1, 0.15) is 11.7 Å². The Morgan fingerprint density at radius 1 is 1.47 bits per heavy atom. The second-order valence-corrected chi connectivity index (χ2v) is 4.09. The number of furan rings is 1. The molecule has 0 aliphatic rings. The molecule has 0 bridgehead atoms. The first-order valence-corrected chi connectivity index (χ1v) is 5.56. The summed E-state index contributed by atoms with van der Waals surface area (Å²) >= 11 is 0. The van der Waals surface area contributed by atoms with E-state index >= 15 is 0 Å². The first-order chi connectivity index (χ1) is 8.00. The van der Waals surface area contributed by atoms with Crippen LogP contribution in [0.3, 0.4) is 0 Å². The molecule has 0 aromatic carbocycles. The number of nitrogens with one attached hydrogen (secondary N) is 1. The van der Waals surface area contributed by atoms with Gasteiger partial charge in [0.25, 0.3) is 0 Å². The number of carboxylic acids is 1. The normalized spacial score (nSPS) is 14.0. The van der Waals surface area contributed by atoms with Crippen molar-refractivity contribution in [3.63, 3.8) is 0 Å². The van der Waals surface area contributed by atoms with Gasteiger partial charge >= 0.3 is 5.97 Å². The standard InChI is InChI=1S/C12H17NO4/c1-8(5-6-10-4-3-7-17-10)13-11(14)9(2)12(15)16/h3-4,7-9H,5-6H2,1-2H3,(H,13,14)(H,15,16). The summed E-state index contributed by atoms with van der Waals surface area (Å²) in [6.07, 6.45) is 3.03. The number of carboxylic acid groups (broad SMARTS) is 1. The van der Waals surface area contributed by atoms with Crippen LogP contribution in [0.2, 0.25) is 0 Å². The minimum absolute atomic E-state index is 0.0746. The van der Waals surface area contributed by atoms with Gasteiger partial charge in [0.05, 0.1) is 6.26 Å². The molecule has 94 valence electrons. The highest BCUT2D eigenvalue weighted by atomic mass is 16.4. The maximum Gasteiger partial charge on any atom is 0.315 e. The molecule has 0 aliphatic heterocycles. The Morgan fingerprint density at radius 2 is 2.18 bits per heavy atom. The molecular weight excluding hydrogens is 222 g/mol. The van der Waals surface area contributed by atoms with Crippen LogP contribution in [0.25, 0.3) is 0 Å². The fraction of sp³-hybridized carbons (Fsp3) is 0.500. The lowest BCUT2D eigenvalue weighted by molar-refractivity contribution is -0.146. The number of carbonyl (C=O) groups is 2. The van der Waals surface area contributed by atoms with Crippen LogP contribution in [-0.2, 0) is 16.0 Å². The number of carbonyl (C=O) groups excluding carboxylic acids is 1. The molecule has 5 heteroatoms. The van der Waals surface area contributed by atoms with E-state index in [4.69, 9.17) is 9.52 Å². The molecule has 0 spiro atoms. The molecule has 17 heavy (non-hydrogen) atoms. The third-order valence-corrected chi connectivity index (χ3v) is 2.56. The van der Waals surface area contributed by atoms with Crippen LogP contribution in [-0.4, -0.2) is 23.0 Å². The summed E-state index contributed by atoms with van der Waals surface area (Å²) in [6, 6.07) is 3.61. The van der Waals surface area contributed by atoms with Crippen molar-refractivity contribution in [2.24, 2.45) is 5.92 Å². The lowest BCUT2D eigenvalue weighted by atomic mass is 10.1. The lowest BCUT2D eigenvalue weighted by Gasteiger charge is -2.14. The van der Waals surface area contributed by atoms with Crippen LogP contribution >= 0.6 is 0 Å². The Balaban J connectivity index is 2.31. The molecule has 1 amide bonds. The molecule has 2 unspecified atom stereocenters. The summed E-state index contributed by atoms with van der Waals surface area (Å²) in [5.74, 6) is -1.72. The molecule has 0 fully saturated rings. The molecule has 0 saturated carbocycles. The van der Waals surface area contributed by atoms with Gasteiger partial charge < -0.3 is 14.8 Å². The Morgan fingerprint density at radius 3 is 2.71 bits per heavy atom. The molecule has 5 nitrogen and oxygen atoms in total. The van der Waals surface area contributed by atoms with E-state index in [9.17, 15) is 9.59 Å². The quantitative estimate of drug-likeness (QED) is 0.736. The van der Waals surface area contributed by atoms with Crippen LogP contribution in [0, 0.1) is 5.92 Å². The first-order valence-electron chi connectivity index (χ1n) is 5.56. The smallest absolute Gasteiger partial charge is 0.315 e. The number of aliphatic carboxylic acids is 1. The average Bonchev–Trinajstić information content (AvgIpc) is 2.77. The number of hydrogen-bond acceptors (Lipinski definition) is 3. The SMILES string of the molecule is CC(CCc1ccco1)NC(=O)C(C)C(=O)O. The van der Waals surface area contributed by atoms with Crippen molar-refractivity contribution in [2.45, 2.75) is 32.7 Å². The van der Waals surface area contributed by atoms with Crippen LogP contribution in [0.1, 0.15) is 26.0 Å². The van der Waals surface area contributed by atoms with Crippen LogP contribution < -0.4 is 5.32 Å². The number of amides is 1. The molecule has 0 aliphatic carbocycles. The third-order valence-electron chi connectivity index (χ3n) is 2.56.